The minimum absolute atomic E-state index is 0.0241. The highest BCUT2D eigenvalue weighted by Gasteiger charge is 2.28. The van der Waals surface area contributed by atoms with Crippen molar-refractivity contribution in [1.82, 2.24) is 20.0 Å². The molecular formula is C21H26F2N4O. The molecule has 1 N–H and O–H groups in total. The Balaban J connectivity index is 1.53. The second-order valence-electron chi connectivity index (χ2n) is 7.87. The Labute approximate surface area is 163 Å². The van der Waals surface area contributed by atoms with E-state index in [4.69, 9.17) is 0 Å². The zero-order chi connectivity index (χ0) is 19.7. The third-order valence-corrected chi connectivity index (χ3v) is 5.65. The molecule has 1 atom stereocenters. The highest BCUT2D eigenvalue weighted by Crippen LogP contribution is 2.28. The first-order chi connectivity index (χ1) is 13.5. The molecule has 1 amide bonds. The Hall–Kier alpha value is -2.28. The van der Waals surface area contributed by atoms with Crippen LogP contribution in [-0.4, -0.2) is 46.3 Å². The van der Waals surface area contributed by atoms with Gasteiger partial charge in [-0.25, -0.2) is 13.5 Å². The number of nitrogens with one attached hydrogen (secondary N) is 1. The molecule has 0 spiro atoms. The third kappa shape index (κ3) is 3.81. The van der Waals surface area contributed by atoms with E-state index in [1.54, 1.807) is 4.68 Å². The Bertz CT molecular complexity index is 874. The number of rotatable bonds is 5. The van der Waals surface area contributed by atoms with Crippen molar-refractivity contribution in [3.05, 3.63) is 46.8 Å². The normalized spacial score (nSPS) is 18.1. The van der Waals surface area contributed by atoms with Crippen molar-refractivity contribution < 1.29 is 13.6 Å². The van der Waals surface area contributed by atoms with Gasteiger partial charge < -0.3 is 10.2 Å². The van der Waals surface area contributed by atoms with E-state index in [9.17, 15) is 13.6 Å². The summed E-state index contributed by atoms with van der Waals surface area (Å²) in [4.78, 5) is 15.3. The molecule has 4 rings (SSSR count). The first-order valence-corrected chi connectivity index (χ1v) is 10.1. The van der Waals surface area contributed by atoms with Crippen molar-refractivity contribution in [3.8, 4) is 5.69 Å². The summed E-state index contributed by atoms with van der Waals surface area (Å²) in [5, 5.41) is 7.54. The van der Waals surface area contributed by atoms with Crippen LogP contribution in [-0.2, 0) is 12.8 Å². The highest BCUT2D eigenvalue weighted by atomic mass is 19.2. The van der Waals surface area contributed by atoms with Gasteiger partial charge in [-0.1, -0.05) is 6.42 Å². The Morgan fingerprint density at radius 2 is 1.93 bits per heavy atom. The average Bonchev–Trinajstić information content (AvgIpc) is 3.27. The topological polar surface area (TPSA) is 50.2 Å². The first kappa shape index (κ1) is 19.1. The number of carbonyl (C=O) groups is 1. The molecule has 7 heteroatoms. The number of hydrogen-bond donors (Lipinski definition) is 1. The smallest absolute Gasteiger partial charge is 0.272 e. The van der Waals surface area contributed by atoms with E-state index < -0.39 is 11.6 Å². The number of nitrogens with zero attached hydrogens (tertiary/aromatic N) is 3. The van der Waals surface area contributed by atoms with Crippen LogP contribution in [0.25, 0.3) is 5.69 Å². The minimum Gasteiger partial charge on any atom is -0.347 e. The van der Waals surface area contributed by atoms with Crippen LogP contribution in [0.1, 0.15) is 54.4 Å². The maximum atomic E-state index is 13.7. The number of carbonyl (C=O) groups excluding carboxylic acids is 1. The van der Waals surface area contributed by atoms with Crippen LogP contribution in [0.4, 0.5) is 8.78 Å². The standard InChI is InChI=1S/C21H26F2N4O/c1-14(13-26-10-3-2-4-11-26)24-21(28)20-16-6-5-7-19(16)27(25-20)15-8-9-17(22)18(23)12-15/h8-9,12,14H,2-7,10-11,13H2,1H3,(H,24,28). The summed E-state index contributed by atoms with van der Waals surface area (Å²) in [6.45, 7) is 5.01. The summed E-state index contributed by atoms with van der Waals surface area (Å²) in [6, 6.07) is 3.73. The molecule has 1 saturated heterocycles. The fourth-order valence-electron chi connectivity index (χ4n) is 4.32. The predicted octanol–water partition coefficient (Wildman–Crippen LogP) is 3.24. The van der Waals surface area contributed by atoms with Gasteiger partial charge in [0.15, 0.2) is 17.3 Å². The number of aromatic nitrogens is 2. The maximum absolute atomic E-state index is 13.7. The molecule has 1 aliphatic heterocycles. The van der Waals surface area contributed by atoms with Crippen LogP contribution in [0.5, 0.6) is 0 Å². The monoisotopic (exact) mass is 388 g/mol. The van der Waals surface area contributed by atoms with Crippen molar-refractivity contribution in [2.24, 2.45) is 0 Å². The Kier molecular flexibility index (Phi) is 5.44. The van der Waals surface area contributed by atoms with Crippen LogP contribution in [0.2, 0.25) is 0 Å². The average molecular weight is 388 g/mol. The molecule has 1 fully saturated rings. The van der Waals surface area contributed by atoms with Gasteiger partial charge >= 0.3 is 0 Å². The summed E-state index contributed by atoms with van der Waals surface area (Å²) in [5.41, 5.74) is 2.69. The number of benzene rings is 1. The highest BCUT2D eigenvalue weighted by molar-refractivity contribution is 5.94. The summed E-state index contributed by atoms with van der Waals surface area (Å²) in [6.07, 6.45) is 6.20. The van der Waals surface area contributed by atoms with Crippen LogP contribution >= 0.6 is 0 Å². The van der Waals surface area contributed by atoms with Gasteiger partial charge in [-0.3, -0.25) is 4.79 Å². The van der Waals surface area contributed by atoms with Crippen LogP contribution < -0.4 is 5.32 Å². The maximum Gasteiger partial charge on any atom is 0.272 e. The van der Waals surface area contributed by atoms with Gasteiger partial charge in [0, 0.05) is 29.9 Å². The van der Waals surface area contributed by atoms with Gasteiger partial charge in [0.25, 0.3) is 5.91 Å². The van der Waals surface area contributed by atoms with E-state index >= 15 is 0 Å². The molecule has 0 bridgehead atoms. The lowest BCUT2D eigenvalue weighted by Crippen LogP contribution is -2.44. The quantitative estimate of drug-likeness (QED) is 0.856. The fraction of sp³-hybridized carbons (Fsp3) is 0.524. The van der Waals surface area contributed by atoms with Crippen molar-refractivity contribution in [2.75, 3.05) is 19.6 Å². The molecule has 1 aromatic carbocycles. The molecule has 2 aliphatic rings. The molecule has 28 heavy (non-hydrogen) atoms. The fourth-order valence-corrected chi connectivity index (χ4v) is 4.32. The van der Waals surface area contributed by atoms with E-state index in [0.29, 0.717) is 11.4 Å². The summed E-state index contributed by atoms with van der Waals surface area (Å²) in [7, 11) is 0. The van der Waals surface area contributed by atoms with E-state index in [1.807, 2.05) is 6.92 Å². The largest absolute Gasteiger partial charge is 0.347 e. The summed E-state index contributed by atoms with van der Waals surface area (Å²) >= 11 is 0. The molecular weight excluding hydrogens is 362 g/mol. The van der Waals surface area contributed by atoms with Gasteiger partial charge in [0.1, 0.15) is 0 Å². The third-order valence-electron chi connectivity index (χ3n) is 5.65. The Morgan fingerprint density at radius 3 is 2.68 bits per heavy atom. The number of fused-ring (bicyclic) bond motifs is 1. The number of piperidine rings is 1. The number of likely N-dealkylation sites (tertiary alicyclic amines) is 1. The van der Waals surface area contributed by atoms with Crippen molar-refractivity contribution in [2.45, 2.75) is 51.5 Å². The lowest BCUT2D eigenvalue weighted by Gasteiger charge is -2.29. The minimum atomic E-state index is -0.916. The SMILES string of the molecule is CC(CN1CCCCC1)NC(=O)c1nn(-c2ccc(F)c(F)c2)c2c1CCC2. The van der Waals surface area contributed by atoms with Crippen molar-refractivity contribution in [3.63, 3.8) is 0 Å². The lowest BCUT2D eigenvalue weighted by molar-refractivity contribution is 0.0919. The Morgan fingerprint density at radius 1 is 1.14 bits per heavy atom. The number of amides is 1. The molecule has 5 nitrogen and oxygen atoms in total. The van der Waals surface area contributed by atoms with E-state index in [0.717, 1.165) is 62.3 Å². The molecule has 1 aliphatic carbocycles. The van der Waals surface area contributed by atoms with Crippen LogP contribution in [0, 0.1) is 11.6 Å². The second kappa shape index (κ2) is 7.99. The van der Waals surface area contributed by atoms with Gasteiger partial charge in [-0.05, 0) is 64.3 Å². The lowest BCUT2D eigenvalue weighted by atomic mass is 10.1. The van der Waals surface area contributed by atoms with Gasteiger partial charge in [0.05, 0.1) is 5.69 Å². The van der Waals surface area contributed by atoms with E-state index in [1.165, 1.54) is 25.3 Å². The molecule has 2 aromatic rings. The van der Waals surface area contributed by atoms with Gasteiger partial charge in [-0.2, -0.15) is 5.10 Å². The predicted molar refractivity (Wildman–Crippen MR) is 103 cm³/mol. The number of halogens is 2. The number of hydrogen-bond acceptors (Lipinski definition) is 3. The van der Waals surface area contributed by atoms with Gasteiger partial charge in [-0.15, -0.1) is 0 Å². The zero-order valence-electron chi connectivity index (χ0n) is 16.2. The molecule has 1 unspecified atom stereocenters. The van der Waals surface area contributed by atoms with Gasteiger partial charge in [0.2, 0.25) is 0 Å². The summed E-state index contributed by atoms with van der Waals surface area (Å²) in [5.74, 6) is -2.00. The molecule has 0 saturated carbocycles. The van der Waals surface area contributed by atoms with Crippen molar-refractivity contribution in [1.29, 1.82) is 0 Å². The molecule has 150 valence electrons. The van der Waals surface area contributed by atoms with E-state index in [2.05, 4.69) is 15.3 Å². The van der Waals surface area contributed by atoms with Crippen LogP contribution in [0.3, 0.4) is 0 Å². The summed E-state index contributed by atoms with van der Waals surface area (Å²) < 4.78 is 28.6. The first-order valence-electron chi connectivity index (χ1n) is 10.1. The molecule has 1 aromatic heterocycles. The molecule has 2 heterocycles. The zero-order valence-corrected chi connectivity index (χ0v) is 16.2. The molecule has 0 radical (unpaired) electrons. The second-order valence-corrected chi connectivity index (χ2v) is 7.87. The van der Waals surface area contributed by atoms with E-state index in [-0.39, 0.29) is 11.9 Å². The van der Waals surface area contributed by atoms with Crippen molar-refractivity contribution >= 4 is 5.91 Å². The van der Waals surface area contributed by atoms with Crippen LogP contribution in [0.15, 0.2) is 18.2 Å².